The van der Waals surface area contributed by atoms with Crippen molar-refractivity contribution in [3.05, 3.63) is 0 Å². The lowest BCUT2D eigenvalue weighted by Gasteiger charge is -2.43. The third kappa shape index (κ3) is 0.826. The van der Waals surface area contributed by atoms with Gasteiger partial charge in [-0.25, -0.2) is 0 Å². The Morgan fingerprint density at radius 3 is 2.70 bits per heavy atom. The van der Waals surface area contributed by atoms with Gasteiger partial charge in [0.25, 0.3) is 0 Å². The van der Waals surface area contributed by atoms with E-state index in [-0.39, 0.29) is 30.9 Å². The van der Waals surface area contributed by atoms with Crippen LogP contribution in [0.25, 0.3) is 0 Å². The molecule has 4 aliphatic rings. The summed E-state index contributed by atoms with van der Waals surface area (Å²) in [5.41, 5.74) is -3.01. The SMILES string of the molecule is CC1CC[C@@]23OC(=O)C[C@@]12[C@H](O)[C@@]1(C)C(=O)OC[C@@]31C. The van der Waals surface area contributed by atoms with Gasteiger partial charge in [0.05, 0.1) is 23.4 Å². The van der Waals surface area contributed by atoms with Gasteiger partial charge in [-0.15, -0.1) is 0 Å². The maximum atomic E-state index is 12.3. The van der Waals surface area contributed by atoms with Gasteiger partial charge in [0.1, 0.15) is 17.6 Å². The molecule has 2 saturated carbocycles. The summed E-state index contributed by atoms with van der Waals surface area (Å²) in [4.78, 5) is 24.3. The molecule has 110 valence electrons. The molecule has 0 aromatic heterocycles. The lowest BCUT2D eigenvalue weighted by Crippen LogP contribution is -2.52. The van der Waals surface area contributed by atoms with Crippen LogP contribution >= 0.6 is 0 Å². The number of ether oxygens (including phenoxy) is 2. The maximum absolute atomic E-state index is 12.3. The Balaban J connectivity index is 2.03. The van der Waals surface area contributed by atoms with E-state index in [1.165, 1.54) is 0 Å². The molecule has 0 aromatic rings. The zero-order chi connectivity index (χ0) is 14.6. The van der Waals surface area contributed by atoms with Gasteiger partial charge in [0.2, 0.25) is 0 Å². The van der Waals surface area contributed by atoms with Gasteiger partial charge in [-0.1, -0.05) is 13.8 Å². The standard InChI is InChI=1S/C15H20O5/c1-8-4-5-15-12(2)7-19-11(18)13(12,3)10(17)14(8,15)6-9(16)20-15/h8,10,17H,4-7H2,1-3H3/t8?,10-,12-,13+,14+,15+/m1/s1. The van der Waals surface area contributed by atoms with Gasteiger partial charge >= 0.3 is 11.9 Å². The van der Waals surface area contributed by atoms with Gasteiger partial charge in [0.15, 0.2) is 0 Å². The van der Waals surface area contributed by atoms with Crippen LogP contribution in [0.15, 0.2) is 0 Å². The Labute approximate surface area is 117 Å². The smallest absolute Gasteiger partial charge is 0.315 e. The second-order valence-corrected chi connectivity index (χ2v) is 7.47. The molecular formula is C15H20O5. The van der Waals surface area contributed by atoms with Crippen LogP contribution in [-0.2, 0) is 19.1 Å². The molecule has 2 aliphatic heterocycles. The van der Waals surface area contributed by atoms with Crippen molar-refractivity contribution in [2.45, 2.75) is 51.7 Å². The highest BCUT2D eigenvalue weighted by molar-refractivity contribution is 5.85. The Hall–Kier alpha value is -1.10. The highest BCUT2D eigenvalue weighted by Crippen LogP contribution is 2.79. The number of carbonyl (C=O) groups is 2. The third-order valence-electron chi connectivity index (χ3n) is 7.27. The zero-order valence-electron chi connectivity index (χ0n) is 12.1. The molecular weight excluding hydrogens is 260 g/mol. The molecule has 1 unspecified atom stereocenters. The summed E-state index contributed by atoms with van der Waals surface area (Å²) in [6.45, 7) is 6.01. The lowest BCUT2D eigenvalue weighted by molar-refractivity contribution is -0.166. The van der Waals surface area contributed by atoms with Crippen LogP contribution in [0, 0.1) is 22.2 Å². The van der Waals surface area contributed by atoms with Crippen molar-refractivity contribution < 1.29 is 24.2 Å². The largest absolute Gasteiger partial charge is 0.464 e. The third-order valence-corrected chi connectivity index (χ3v) is 7.27. The van der Waals surface area contributed by atoms with Crippen molar-refractivity contribution in [1.29, 1.82) is 0 Å². The predicted molar refractivity (Wildman–Crippen MR) is 67.5 cm³/mol. The van der Waals surface area contributed by atoms with Crippen LogP contribution in [0.2, 0.25) is 0 Å². The quantitative estimate of drug-likeness (QED) is 0.671. The second kappa shape index (κ2) is 3.06. The van der Waals surface area contributed by atoms with Gasteiger partial charge in [0, 0.05) is 0 Å². The van der Waals surface area contributed by atoms with Crippen LogP contribution in [0.4, 0.5) is 0 Å². The molecule has 2 aliphatic carbocycles. The minimum atomic E-state index is -0.984. The molecule has 1 N–H and O–H groups in total. The maximum Gasteiger partial charge on any atom is 0.315 e. The fourth-order valence-electron chi connectivity index (χ4n) is 5.93. The van der Waals surface area contributed by atoms with Gasteiger partial charge in [-0.05, 0) is 25.7 Å². The van der Waals surface area contributed by atoms with Crippen LogP contribution in [-0.4, -0.2) is 35.4 Å². The van der Waals surface area contributed by atoms with E-state index in [1.54, 1.807) is 6.92 Å². The van der Waals surface area contributed by atoms with E-state index in [0.717, 1.165) is 6.42 Å². The van der Waals surface area contributed by atoms with Gasteiger partial charge in [-0.3, -0.25) is 9.59 Å². The number of aliphatic hydroxyl groups is 1. The molecule has 0 spiro atoms. The molecule has 0 amide bonds. The Kier molecular flexibility index (Phi) is 1.93. The fourth-order valence-corrected chi connectivity index (χ4v) is 5.93. The Morgan fingerprint density at radius 1 is 1.30 bits per heavy atom. The lowest BCUT2D eigenvalue weighted by atomic mass is 9.62. The highest BCUT2D eigenvalue weighted by atomic mass is 16.6. The average molecular weight is 280 g/mol. The van der Waals surface area contributed by atoms with E-state index in [0.29, 0.717) is 6.42 Å². The number of rotatable bonds is 0. The summed E-state index contributed by atoms with van der Waals surface area (Å²) < 4.78 is 11.1. The number of fused-ring (bicyclic) bond motifs is 1. The van der Waals surface area contributed by atoms with Crippen LogP contribution in [0.1, 0.15) is 40.0 Å². The highest BCUT2D eigenvalue weighted by Gasteiger charge is 2.89. The Morgan fingerprint density at radius 2 is 2.00 bits per heavy atom. The molecule has 5 nitrogen and oxygen atoms in total. The number of hydrogen-bond acceptors (Lipinski definition) is 5. The van der Waals surface area contributed by atoms with E-state index >= 15 is 0 Å². The number of cyclic esters (lactones) is 1. The molecule has 4 fully saturated rings. The first-order valence-corrected chi connectivity index (χ1v) is 7.33. The molecule has 5 heteroatoms. The summed E-state index contributed by atoms with van der Waals surface area (Å²) in [5.74, 6) is -0.444. The van der Waals surface area contributed by atoms with Crippen molar-refractivity contribution in [2.75, 3.05) is 6.61 Å². The van der Waals surface area contributed by atoms with E-state index in [4.69, 9.17) is 9.47 Å². The summed E-state index contributed by atoms with van der Waals surface area (Å²) in [6, 6.07) is 0. The molecule has 2 heterocycles. The summed E-state index contributed by atoms with van der Waals surface area (Å²) in [7, 11) is 0. The van der Waals surface area contributed by atoms with Crippen LogP contribution in [0.5, 0.6) is 0 Å². The average Bonchev–Trinajstić information content (AvgIpc) is 2.97. The molecule has 2 saturated heterocycles. The number of carbonyl (C=O) groups excluding carboxylic acids is 2. The molecule has 0 radical (unpaired) electrons. The minimum Gasteiger partial charge on any atom is -0.464 e. The number of hydrogen-bond donors (Lipinski definition) is 1. The van der Waals surface area contributed by atoms with E-state index in [9.17, 15) is 14.7 Å². The van der Waals surface area contributed by atoms with Crippen LogP contribution in [0.3, 0.4) is 0 Å². The molecule has 0 aromatic carbocycles. The molecule has 6 atom stereocenters. The van der Waals surface area contributed by atoms with Gasteiger partial charge < -0.3 is 14.6 Å². The van der Waals surface area contributed by atoms with Crippen LogP contribution < -0.4 is 0 Å². The first-order chi connectivity index (χ1) is 9.26. The summed E-state index contributed by atoms with van der Waals surface area (Å²) in [6.07, 6.45) is 0.941. The zero-order valence-corrected chi connectivity index (χ0v) is 12.1. The molecule has 0 bridgehead atoms. The second-order valence-electron chi connectivity index (χ2n) is 7.47. The van der Waals surface area contributed by atoms with Crippen molar-refractivity contribution in [3.63, 3.8) is 0 Å². The number of aliphatic hydroxyl groups excluding tert-OH is 1. The first-order valence-electron chi connectivity index (χ1n) is 7.33. The molecule has 20 heavy (non-hydrogen) atoms. The number of esters is 2. The van der Waals surface area contributed by atoms with Crippen molar-refractivity contribution in [3.8, 4) is 0 Å². The van der Waals surface area contributed by atoms with E-state index in [1.807, 2.05) is 6.92 Å². The van der Waals surface area contributed by atoms with Gasteiger partial charge in [-0.2, -0.15) is 0 Å². The monoisotopic (exact) mass is 280 g/mol. The fraction of sp³-hybridized carbons (Fsp3) is 0.867. The van der Waals surface area contributed by atoms with E-state index < -0.39 is 27.9 Å². The van der Waals surface area contributed by atoms with Crippen molar-refractivity contribution >= 4 is 11.9 Å². The topological polar surface area (TPSA) is 72.8 Å². The predicted octanol–water partition coefficient (Wildman–Crippen LogP) is 1.03. The van der Waals surface area contributed by atoms with E-state index in [2.05, 4.69) is 6.92 Å². The summed E-state index contributed by atoms with van der Waals surface area (Å²) >= 11 is 0. The normalized spacial score (nSPS) is 60.0. The summed E-state index contributed by atoms with van der Waals surface area (Å²) in [5, 5.41) is 11.1. The van der Waals surface area contributed by atoms with Crippen molar-refractivity contribution in [1.82, 2.24) is 0 Å². The van der Waals surface area contributed by atoms with Crippen molar-refractivity contribution in [2.24, 2.45) is 22.2 Å². The minimum absolute atomic E-state index is 0.163. The Bertz CT molecular complexity index is 544. The molecule has 4 rings (SSSR count). The first kappa shape index (κ1) is 12.6.